The lowest BCUT2D eigenvalue weighted by atomic mass is 10.2. The van der Waals surface area contributed by atoms with Gasteiger partial charge in [0.05, 0.1) is 0 Å². The van der Waals surface area contributed by atoms with Crippen LogP contribution < -0.4 is 0 Å². The van der Waals surface area contributed by atoms with Gasteiger partial charge in [-0.2, -0.15) is 0 Å². The molecule has 0 saturated carbocycles. The van der Waals surface area contributed by atoms with E-state index in [0.717, 1.165) is 0 Å². The van der Waals surface area contributed by atoms with Crippen molar-refractivity contribution in [2.75, 3.05) is 0 Å². The van der Waals surface area contributed by atoms with Gasteiger partial charge in [-0.3, -0.25) is 0 Å². The highest BCUT2D eigenvalue weighted by Gasteiger charge is 2.24. The fourth-order valence-electron chi connectivity index (χ4n) is 0.229. The molecule has 5 nitrogen and oxygen atoms in total. The maximum Gasteiger partial charge on any atom is 0.345 e. The van der Waals surface area contributed by atoms with Crippen molar-refractivity contribution in [2.24, 2.45) is 0 Å². The number of carboxylic acids is 2. The largest absolute Gasteiger partial charge is 0.479 e. The van der Waals surface area contributed by atoms with Crippen LogP contribution in [0.15, 0.2) is 0 Å². The predicted molar refractivity (Wildman–Crippen MR) is 33.9 cm³/mol. The highest BCUT2D eigenvalue weighted by molar-refractivity contribution is 7.82. The van der Waals surface area contributed by atoms with Crippen LogP contribution in [0.4, 0.5) is 0 Å². The zero-order valence-corrected chi connectivity index (χ0v) is 5.46. The van der Waals surface area contributed by atoms with Gasteiger partial charge >= 0.3 is 11.9 Å². The molecule has 0 aliphatic rings. The molecule has 6 heteroatoms. The van der Waals surface area contributed by atoms with E-state index < -0.39 is 22.9 Å². The number of aliphatic hydroxyl groups is 1. The highest BCUT2D eigenvalue weighted by Crippen LogP contribution is 1.89. The Hall–Kier alpha value is -1.01. The normalized spacial score (nSPS) is 12.1. The molecule has 0 rings (SSSR count). The summed E-state index contributed by atoms with van der Waals surface area (Å²) < 4.78 is 0. The molecule has 0 aromatic heterocycles. The summed E-state index contributed by atoms with van der Waals surface area (Å²) in [4.78, 5) is 18.8. The Kier molecular flexibility index (Phi) is 2.91. The summed E-state index contributed by atoms with van der Waals surface area (Å²) in [5.74, 6) is -3.25. The average Bonchev–Trinajstić information content (AvgIpc) is 1.84. The first kappa shape index (κ1) is 8.99. The smallest absolute Gasteiger partial charge is 0.345 e. The molecule has 1 atom stereocenters. The molecule has 0 bridgehead atoms. The molecular weight excluding hydrogens is 160 g/mol. The number of aliphatic carboxylic acids is 2. The van der Waals surface area contributed by atoms with E-state index in [-0.39, 0.29) is 0 Å². The van der Waals surface area contributed by atoms with Crippen LogP contribution in [-0.4, -0.2) is 38.2 Å². The first-order valence-corrected chi connectivity index (χ1v) is 2.55. The fourth-order valence-corrected chi connectivity index (χ4v) is 0.330. The molecule has 0 aliphatic heterocycles. The summed E-state index contributed by atoms with van der Waals surface area (Å²) in [7, 11) is 0. The van der Waals surface area contributed by atoms with Crippen molar-refractivity contribution >= 4 is 29.0 Å². The van der Waals surface area contributed by atoms with Crippen molar-refractivity contribution in [1.29, 1.82) is 0 Å². The molecule has 10 heavy (non-hydrogen) atoms. The van der Waals surface area contributed by atoms with E-state index in [1.165, 1.54) is 0 Å². The number of aliphatic hydroxyl groups excluding tert-OH is 1. The van der Waals surface area contributed by atoms with Crippen LogP contribution in [0.1, 0.15) is 0 Å². The quantitative estimate of drug-likeness (QED) is 0.457. The number of hydrogen-bond donors (Lipinski definition) is 3. The second-order valence-corrected chi connectivity index (χ2v) is 1.85. The number of hydrogen-bond acceptors (Lipinski definition) is 4. The van der Waals surface area contributed by atoms with E-state index >= 15 is 0 Å². The lowest BCUT2D eigenvalue weighted by Gasteiger charge is -2.00. The van der Waals surface area contributed by atoms with E-state index in [2.05, 4.69) is 12.2 Å². The third-order valence-corrected chi connectivity index (χ3v) is 1.09. The second-order valence-electron chi connectivity index (χ2n) is 1.41. The summed E-state index contributed by atoms with van der Waals surface area (Å²) in [5, 5.41) is 24.5. The minimum atomic E-state index is -2.09. The third-order valence-electron chi connectivity index (χ3n) is 0.693. The molecule has 0 spiro atoms. The summed E-state index contributed by atoms with van der Waals surface area (Å²) in [6.07, 6.45) is -2.09. The lowest BCUT2D eigenvalue weighted by Crippen LogP contribution is -2.33. The third kappa shape index (κ3) is 2.08. The van der Waals surface area contributed by atoms with E-state index in [9.17, 15) is 9.59 Å². The topological polar surface area (TPSA) is 94.8 Å². The van der Waals surface area contributed by atoms with Gasteiger partial charge < -0.3 is 15.3 Å². The first-order chi connectivity index (χ1) is 4.46. The fraction of sp³-hybridized carbons (Fsp3) is 0.250. The van der Waals surface area contributed by atoms with Crippen LogP contribution in [0, 0.1) is 0 Å². The monoisotopic (exact) mass is 164 g/mol. The Morgan fingerprint density at radius 1 is 1.30 bits per heavy atom. The zero-order chi connectivity index (χ0) is 8.31. The molecule has 1 unspecified atom stereocenters. The highest BCUT2D eigenvalue weighted by atomic mass is 32.1. The summed E-state index contributed by atoms with van der Waals surface area (Å²) in [6, 6.07) is 0. The van der Waals surface area contributed by atoms with Crippen LogP contribution in [-0.2, 0) is 9.59 Å². The van der Waals surface area contributed by atoms with Crippen LogP contribution in [0.5, 0.6) is 0 Å². The minimum absolute atomic E-state index is 0.910. The van der Waals surface area contributed by atoms with Gasteiger partial charge in [0.2, 0.25) is 0 Å². The maximum atomic E-state index is 9.88. The number of rotatable bonds is 3. The molecule has 0 aromatic carbocycles. The first-order valence-electron chi connectivity index (χ1n) is 2.15. The molecule has 56 valence electrons. The molecule has 3 N–H and O–H groups in total. The Morgan fingerprint density at radius 2 is 1.70 bits per heavy atom. The number of carbonyl (C=O) groups is 2. The second kappa shape index (κ2) is 3.23. The van der Waals surface area contributed by atoms with Gasteiger partial charge in [-0.05, 0) is 0 Å². The number of carboxylic acid groups (broad SMARTS) is 2. The Morgan fingerprint density at radius 3 is 1.80 bits per heavy atom. The van der Waals surface area contributed by atoms with E-state index in [1.54, 1.807) is 0 Å². The van der Waals surface area contributed by atoms with Crippen molar-refractivity contribution in [3.05, 3.63) is 0 Å². The van der Waals surface area contributed by atoms with Crippen LogP contribution in [0.2, 0.25) is 0 Å². The molecule has 0 heterocycles. The summed E-state index contributed by atoms with van der Waals surface area (Å²) in [6.45, 7) is 0. The molecule has 0 saturated heterocycles. The summed E-state index contributed by atoms with van der Waals surface area (Å²) in [5.41, 5.74) is 0. The van der Waals surface area contributed by atoms with Crippen LogP contribution in [0.25, 0.3) is 0 Å². The van der Waals surface area contributed by atoms with E-state index in [4.69, 9.17) is 15.3 Å². The van der Waals surface area contributed by atoms with E-state index in [0.29, 0.717) is 0 Å². The van der Waals surface area contributed by atoms with Crippen LogP contribution in [0.3, 0.4) is 0 Å². The maximum absolute atomic E-state index is 9.88. The van der Waals surface area contributed by atoms with Gasteiger partial charge in [0, 0.05) is 0 Å². The minimum Gasteiger partial charge on any atom is -0.479 e. The predicted octanol–water partition coefficient (Wildman–Crippen LogP) is -1.11. The molecule has 0 aliphatic carbocycles. The van der Waals surface area contributed by atoms with Crippen LogP contribution >= 0.6 is 12.2 Å². The van der Waals surface area contributed by atoms with Gasteiger partial charge in [-0.15, -0.1) is 0 Å². The van der Waals surface area contributed by atoms with Crippen molar-refractivity contribution < 1.29 is 24.9 Å². The van der Waals surface area contributed by atoms with Gasteiger partial charge in [-0.1, -0.05) is 12.2 Å². The molecule has 0 fully saturated rings. The molecular formula is C4H4O5S. The molecule has 0 aromatic rings. The Balaban J connectivity index is 4.22. The Labute approximate surface area is 60.9 Å². The van der Waals surface area contributed by atoms with Gasteiger partial charge in [0.25, 0.3) is 0 Å². The van der Waals surface area contributed by atoms with Gasteiger partial charge in [0.15, 0.2) is 6.10 Å². The van der Waals surface area contributed by atoms with Crippen molar-refractivity contribution in [3.63, 3.8) is 0 Å². The lowest BCUT2D eigenvalue weighted by molar-refractivity contribution is -0.144. The van der Waals surface area contributed by atoms with Crippen molar-refractivity contribution in [3.8, 4) is 0 Å². The number of thiocarbonyl (C=S) groups is 1. The SMILES string of the molecule is O=C(O)C(=S)C(O)C(=O)O. The standard InChI is InChI=1S/C4H4O5S/c5-1(3(6)7)2(10)4(8)9/h1,5H,(H,6,7)(H,8,9). The summed E-state index contributed by atoms with van der Waals surface area (Å²) >= 11 is 4.05. The zero-order valence-electron chi connectivity index (χ0n) is 4.64. The molecule has 0 amide bonds. The van der Waals surface area contributed by atoms with Crippen molar-refractivity contribution in [2.45, 2.75) is 6.10 Å². The van der Waals surface area contributed by atoms with E-state index in [1.807, 2.05) is 0 Å². The Bertz CT molecular complexity index is 186. The van der Waals surface area contributed by atoms with Crippen molar-refractivity contribution in [1.82, 2.24) is 0 Å². The van der Waals surface area contributed by atoms with Gasteiger partial charge in [-0.25, -0.2) is 9.59 Å². The average molecular weight is 164 g/mol. The van der Waals surface area contributed by atoms with Gasteiger partial charge in [0.1, 0.15) is 4.86 Å². The molecule has 0 radical (unpaired) electrons.